The van der Waals surface area contributed by atoms with Crippen LogP contribution in [0.1, 0.15) is 50.3 Å². The predicted molar refractivity (Wildman–Crippen MR) is 89.4 cm³/mol. The first-order chi connectivity index (χ1) is 10.1. The lowest BCUT2D eigenvalue weighted by atomic mass is 10.0. The molecule has 2 unspecified atom stereocenters. The Labute approximate surface area is 128 Å². The molecule has 1 aromatic rings. The van der Waals surface area contributed by atoms with Gasteiger partial charge >= 0.3 is 0 Å². The van der Waals surface area contributed by atoms with Gasteiger partial charge in [0.25, 0.3) is 0 Å². The highest BCUT2D eigenvalue weighted by Crippen LogP contribution is 2.32. The zero-order valence-electron chi connectivity index (χ0n) is 13.4. The Morgan fingerprint density at radius 1 is 1.29 bits per heavy atom. The van der Waals surface area contributed by atoms with Gasteiger partial charge in [0.15, 0.2) is 0 Å². The minimum absolute atomic E-state index is 0.518. The molecule has 0 saturated carbocycles. The number of anilines is 1. The Bertz CT molecular complexity index is 477. The molecule has 0 bridgehead atoms. The number of aryl methyl sites for hydroxylation is 1. The van der Waals surface area contributed by atoms with E-state index in [-0.39, 0.29) is 0 Å². The lowest BCUT2D eigenvalue weighted by Crippen LogP contribution is -2.44. The monoisotopic (exact) mass is 287 g/mol. The topological polar surface area (TPSA) is 41.3 Å². The summed E-state index contributed by atoms with van der Waals surface area (Å²) in [6.07, 6.45) is 5.11. The quantitative estimate of drug-likeness (QED) is 0.818. The summed E-state index contributed by atoms with van der Waals surface area (Å²) in [4.78, 5) is 2.68. The van der Waals surface area contributed by atoms with Crippen molar-refractivity contribution < 1.29 is 0 Å². The fourth-order valence-electron chi connectivity index (χ4n) is 3.97. The van der Waals surface area contributed by atoms with E-state index in [1.54, 1.807) is 0 Å². The number of likely N-dealkylation sites (tertiary alicyclic amines) is 1. The van der Waals surface area contributed by atoms with Crippen LogP contribution in [0.15, 0.2) is 18.2 Å². The van der Waals surface area contributed by atoms with Gasteiger partial charge in [-0.1, -0.05) is 19.9 Å². The van der Waals surface area contributed by atoms with E-state index < -0.39 is 0 Å². The standard InChI is InChI=1S/C18H29N3/c1-13(2)18(21-9-3-4-10-21)12-20-17-8-5-14-11-15(19)6-7-16(14)17/h6-7,11,13,17-18,20H,3-5,8-10,12,19H2,1-2H3. The summed E-state index contributed by atoms with van der Waals surface area (Å²) in [5.41, 5.74) is 9.69. The van der Waals surface area contributed by atoms with Crippen molar-refractivity contribution in [2.75, 3.05) is 25.4 Å². The van der Waals surface area contributed by atoms with Crippen LogP contribution in [0, 0.1) is 5.92 Å². The van der Waals surface area contributed by atoms with Crippen LogP contribution in [0.3, 0.4) is 0 Å². The molecule has 2 atom stereocenters. The van der Waals surface area contributed by atoms with Crippen LogP contribution >= 0.6 is 0 Å². The van der Waals surface area contributed by atoms with Crippen LogP contribution in [0.4, 0.5) is 5.69 Å². The first-order valence-electron chi connectivity index (χ1n) is 8.51. The van der Waals surface area contributed by atoms with Crippen LogP contribution in [-0.2, 0) is 6.42 Å². The van der Waals surface area contributed by atoms with Crippen LogP contribution in [0.5, 0.6) is 0 Å². The van der Waals surface area contributed by atoms with Gasteiger partial charge in [0.1, 0.15) is 0 Å². The molecule has 1 aromatic carbocycles. The highest BCUT2D eigenvalue weighted by molar-refractivity contribution is 5.47. The SMILES string of the molecule is CC(C)C(CNC1CCc2cc(N)ccc21)N1CCCC1. The zero-order chi connectivity index (χ0) is 14.8. The van der Waals surface area contributed by atoms with Crippen molar-refractivity contribution in [1.29, 1.82) is 0 Å². The maximum absolute atomic E-state index is 5.89. The van der Waals surface area contributed by atoms with Gasteiger partial charge in [0.2, 0.25) is 0 Å². The third kappa shape index (κ3) is 3.24. The highest BCUT2D eigenvalue weighted by Gasteiger charge is 2.27. The lowest BCUT2D eigenvalue weighted by Gasteiger charge is -2.32. The molecule has 116 valence electrons. The average molecular weight is 287 g/mol. The van der Waals surface area contributed by atoms with E-state index in [9.17, 15) is 0 Å². The number of hydrogen-bond acceptors (Lipinski definition) is 3. The van der Waals surface area contributed by atoms with E-state index >= 15 is 0 Å². The summed E-state index contributed by atoms with van der Waals surface area (Å²) in [5, 5.41) is 3.83. The van der Waals surface area contributed by atoms with E-state index in [1.165, 1.54) is 43.5 Å². The second-order valence-electron chi connectivity index (χ2n) is 7.01. The lowest BCUT2D eigenvalue weighted by molar-refractivity contribution is 0.182. The van der Waals surface area contributed by atoms with Crippen molar-refractivity contribution >= 4 is 5.69 Å². The zero-order valence-corrected chi connectivity index (χ0v) is 13.4. The number of rotatable bonds is 5. The molecular weight excluding hydrogens is 258 g/mol. The van der Waals surface area contributed by atoms with Crippen molar-refractivity contribution in [3.63, 3.8) is 0 Å². The van der Waals surface area contributed by atoms with Crippen molar-refractivity contribution in [3.8, 4) is 0 Å². The fraction of sp³-hybridized carbons (Fsp3) is 0.667. The Kier molecular flexibility index (Phi) is 4.51. The molecule has 3 nitrogen and oxygen atoms in total. The van der Waals surface area contributed by atoms with E-state index in [0.29, 0.717) is 18.0 Å². The van der Waals surface area contributed by atoms with Gasteiger partial charge in [0.05, 0.1) is 0 Å². The molecule has 3 heteroatoms. The third-order valence-electron chi connectivity index (χ3n) is 5.20. The summed E-state index contributed by atoms with van der Waals surface area (Å²) in [7, 11) is 0. The van der Waals surface area contributed by atoms with Crippen molar-refractivity contribution in [3.05, 3.63) is 29.3 Å². The highest BCUT2D eigenvalue weighted by atomic mass is 15.2. The Balaban J connectivity index is 1.62. The van der Waals surface area contributed by atoms with Crippen LogP contribution < -0.4 is 11.1 Å². The summed E-state index contributed by atoms with van der Waals surface area (Å²) in [5.74, 6) is 0.711. The van der Waals surface area contributed by atoms with Gasteiger partial charge in [0, 0.05) is 24.3 Å². The first kappa shape index (κ1) is 14.9. The molecule has 1 fully saturated rings. The minimum atomic E-state index is 0.518. The Hall–Kier alpha value is -1.06. The molecule has 0 spiro atoms. The van der Waals surface area contributed by atoms with Gasteiger partial charge < -0.3 is 11.1 Å². The van der Waals surface area contributed by atoms with Gasteiger partial charge in [-0.05, 0) is 68.0 Å². The smallest absolute Gasteiger partial charge is 0.0326 e. The molecule has 1 saturated heterocycles. The van der Waals surface area contributed by atoms with Gasteiger partial charge in [-0.3, -0.25) is 4.90 Å². The predicted octanol–water partition coefficient (Wildman–Crippen LogP) is 2.97. The van der Waals surface area contributed by atoms with E-state index in [1.807, 2.05) is 6.07 Å². The van der Waals surface area contributed by atoms with E-state index in [4.69, 9.17) is 5.73 Å². The minimum Gasteiger partial charge on any atom is -0.399 e. The van der Waals surface area contributed by atoms with Crippen molar-refractivity contribution in [2.45, 2.75) is 51.6 Å². The molecule has 0 amide bonds. The van der Waals surface area contributed by atoms with Gasteiger partial charge in [-0.15, -0.1) is 0 Å². The molecule has 1 heterocycles. The summed E-state index contributed by atoms with van der Waals surface area (Å²) < 4.78 is 0. The number of benzene rings is 1. The fourth-order valence-corrected chi connectivity index (χ4v) is 3.97. The molecule has 2 aliphatic rings. The second-order valence-corrected chi connectivity index (χ2v) is 7.01. The molecule has 3 rings (SSSR count). The molecule has 1 aliphatic heterocycles. The number of nitrogens with two attached hydrogens (primary N) is 1. The molecule has 0 radical (unpaired) electrons. The normalized spacial score (nSPS) is 23.7. The van der Waals surface area contributed by atoms with Crippen LogP contribution in [-0.4, -0.2) is 30.6 Å². The molecule has 3 N–H and O–H groups in total. The van der Waals surface area contributed by atoms with Gasteiger partial charge in [-0.25, -0.2) is 0 Å². The van der Waals surface area contributed by atoms with Crippen molar-refractivity contribution in [1.82, 2.24) is 10.2 Å². The first-order valence-corrected chi connectivity index (χ1v) is 8.51. The summed E-state index contributed by atoms with van der Waals surface area (Å²) in [6.45, 7) is 8.37. The average Bonchev–Trinajstić information content (AvgIpc) is 3.08. The Morgan fingerprint density at radius 3 is 2.76 bits per heavy atom. The maximum atomic E-state index is 5.89. The molecular formula is C18H29N3. The second kappa shape index (κ2) is 6.37. The van der Waals surface area contributed by atoms with Gasteiger partial charge in [-0.2, -0.15) is 0 Å². The molecule has 21 heavy (non-hydrogen) atoms. The maximum Gasteiger partial charge on any atom is 0.0326 e. The number of nitrogens with one attached hydrogen (secondary N) is 1. The van der Waals surface area contributed by atoms with Crippen molar-refractivity contribution in [2.24, 2.45) is 5.92 Å². The van der Waals surface area contributed by atoms with Crippen LogP contribution in [0.2, 0.25) is 0 Å². The number of fused-ring (bicyclic) bond motifs is 1. The Morgan fingerprint density at radius 2 is 2.05 bits per heavy atom. The largest absolute Gasteiger partial charge is 0.399 e. The van der Waals surface area contributed by atoms with E-state index in [2.05, 4.69) is 36.2 Å². The van der Waals surface area contributed by atoms with E-state index in [0.717, 1.165) is 18.7 Å². The van der Waals surface area contributed by atoms with Crippen LogP contribution in [0.25, 0.3) is 0 Å². The number of nitrogens with zero attached hydrogens (tertiary/aromatic N) is 1. The molecule has 1 aliphatic carbocycles. The third-order valence-corrected chi connectivity index (χ3v) is 5.20. The summed E-state index contributed by atoms with van der Waals surface area (Å²) >= 11 is 0. The molecule has 0 aromatic heterocycles. The summed E-state index contributed by atoms with van der Waals surface area (Å²) in [6, 6.07) is 7.60. The number of nitrogen functional groups attached to an aromatic ring is 1. The number of hydrogen-bond donors (Lipinski definition) is 2.